The lowest BCUT2D eigenvalue weighted by Crippen LogP contribution is -2.39. The van der Waals surface area contributed by atoms with Crippen LogP contribution in [0.2, 0.25) is 0 Å². The molecule has 0 radical (unpaired) electrons. The number of rotatable bonds is 7. The Labute approximate surface area is 125 Å². The van der Waals surface area contributed by atoms with Crippen LogP contribution in [0.15, 0.2) is 29.3 Å². The third-order valence-corrected chi connectivity index (χ3v) is 3.79. The van der Waals surface area contributed by atoms with Gasteiger partial charge in [0.25, 0.3) is 0 Å². The molecular weight excluding hydrogens is 269 g/mol. The Kier molecular flexibility index (Phi) is 5.56. The third-order valence-electron chi connectivity index (χ3n) is 3.79. The standard InChI is InChI=1S/C16H24FN3O/c1-3-18-15(19-10-11-21-2)20-12-16(8-9-16)13-4-6-14(17)7-5-13/h4-7H,3,8-12H2,1-2H3,(H2,18,19,20). The maximum Gasteiger partial charge on any atom is 0.191 e. The molecule has 0 atom stereocenters. The van der Waals surface area contributed by atoms with Crippen molar-refractivity contribution >= 4 is 5.96 Å². The third kappa shape index (κ3) is 4.43. The minimum atomic E-state index is -0.187. The first-order valence-electron chi connectivity index (χ1n) is 7.47. The van der Waals surface area contributed by atoms with Gasteiger partial charge in [0.1, 0.15) is 5.82 Å². The maximum atomic E-state index is 13.0. The number of halogens is 1. The van der Waals surface area contributed by atoms with Crippen LogP contribution < -0.4 is 10.6 Å². The fourth-order valence-electron chi connectivity index (χ4n) is 2.34. The van der Waals surface area contributed by atoms with Crippen molar-refractivity contribution in [2.24, 2.45) is 4.99 Å². The van der Waals surface area contributed by atoms with E-state index >= 15 is 0 Å². The predicted octanol–water partition coefficient (Wildman–Crippen LogP) is 2.06. The Bertz CT molecular complexity index is 469. The van der Waals surface area contributed by atoms with Crippen LogP contribution in [0, 0.1) is 5.82 Å². The number of aliphatic imine (C=N–C) groups is 1. The summed E-state index contributed by atoms with van der Waals surface area (Å²) in [5.41, 5.74) is 1.28. The molecule has 1 aliphatic carbocycles. The second kappa shape index (κ2) is 7.41. The first-order chi connectivity index (χ1) is 10.2. The molecule has 1 aliphatic rings. The van der Waals surface area contributed by atoms with Crippen molar-refractivity contribution in [2.75, 3.05) is 33.4 Å². The molecule has 0 amide bonds. The van der Waals surface area contributed by atoms with Gasteiger partial charge in [-0.2, -0.15) is 0 Å². The van der Waals surface area contributed by atoms with Gasteiger partial charge in [0.05, 0.1) is 13.2 Å². The van der Waals surface area contributed by atoms with E-state index in [1.54, 1.807) is 7.11 Å². The predicted molar refractivity (Wildman–Crippen MR) is 83.2 cm³/mol. The quantitative estimate of drug-likeness (QED) is 0.459. The highest BCUT2D eigenvalue weighted by atomic mass is 19.1. The van der Waals surface area contributed by atoms with Crippen molar-refractivity contribution in [2.45, 2.75) is 25.2 Å². The summed E-state index contributed by atoms with van der Waals surface area (Å²) >= 11 is 0. The van der Waals surface area contributed by atoms with Gasteiger partial charge in [-0.25, -0.2) is 4.39 Å². The van der Waals surface area contributed by atoms with E-state index in [9.17, 15) is 4.39 Å². The van der Waals surface area contributed by atoms with Crippen molar-refractivity contribution in [1.29, 1.82) is 0 Å². The molecule has 1 aromatic rings. The monoisotopic (exact) mass is 293 g/mol. The van der Waals surface area contributed by atoms with Crippen molar-refractivity contribution in [3.05, 3.63) is 35.6 Å². The molecule has 0 bridgehead atoms. The molecule has 1 aromatic carbocycles. The van der Waals surface area contributed by atoms with Gasteiger partial charge >= 0.3 is 0 Å². The van der Waals surface area contributed by atoms with Crippen molar-refractivity contribution in [1.82, 2.24) is 10.6 Å². The number of ether oxygens (including phenoxy) is 1. The van der Waals surface area contributed by atoms with Crippen molar-refractivity contribution in [3.8, 4) is 0 Å². The highest BCUT2D eigenvalue weighted by Crippen LogP contribution is 2.48. The van der Waals surface area contributed by atoms with Crippen LogP contribution >= 0.6 is 0 Å². The molecular formula is C16H24FN3O. The Hall–Kier alpha value is -1.62. The van der Waals surface area contributed by atoms with Crippen LogP contribution in [0.4, 0.5) is 4.39 Å². The summed E-state index contributed by atoms with van der Waals surface area (Å²) in [4.78, 5) is 4.66. The number of nitrogens with zero attached hydrogens (tertiary/aromatic N) is 1. The van der Waals surface area contributed by atoms with Crippen LogP contribution in [-0.4, -0.2) is 39.3 Å². The lowest BCUT2D eigenvalue weighted by Gasteiger charge is -2.16. The van der Waals surface area contributed by atoms with Crippen LogP contribution in [0.25, 0.3) is 0 Å². The maximum absolute atomic E-state index is 13.0. The second-order valence-electron chi connectivity index (χ2n) is 5.40. The largest absolute Gasteiger partial charge is 0.383 e. The fourth-order valence-corrected chi connectivity index (χ4v) is 2.34. The van der Waals surface area contributed by atoms with Crippen LogP contribution in [0.3, 0.4) is 0 Å². The molecule has 0 aromatic heterocycles. The summed E-state index contributed by atoms with van der Waals surface area (Å²) in [5, 5.41) is 6.46. The smallest absolute Gasteiger partial charge is 0.191 e. The Morgan fingerprint density at radius 3 is 2.57 bits per heavy atom. The van der Waals surface area contributed by atoms with Gasteiger partial charge in [0.15, 0.2) is 5.96 Å². The van der Waals surface area contributed by atoms with E-state index in [1.807, 2.05) is 19.1 Å². The molecule has 0 unspecified atom stereocenters. The van der Waals surface area contributed by atoms with Crippen molar-refractivity contribution in [3.63, 3.8) is 0 Å². The lowest BCUT2D eigenvalue weighted by atomic mass is 9.96. The topological polar surface area (TPSA) is 45.7 Å². The zero-order valence-corrected chi connectivity index (χ0v) is 12.8. The number of hydrogen-bond donors (Lipinski definition) is 2. The molecule has 116 valence electrons. The Morgan fingerprint density at radius 1 is 1.29 bits per heavy atom. The summed E-state index contributed by atoms with van der Waals surface area (Å²) < 4.78 is 18.1. The minimum absolute atomic E-state index is 0.0946. The van der Waals surface area contributed by atoms with Gasteiger partial charge in [-0.05, 0) is 37.5 Å². The first-order valence-corrected chi connectivity index (χ1v) is 7.47. The van der Waals surface area contributed by atoms with E-state index in [0.29, 0.717) is 6.61 Å². The van der Waals surface area contributed by atoms with Gasteiger partial charge in [-0.3, -0.25) is 4.99 Å². The molecule has 5 heteroatoms. The van der Waals surface area contributed by atoms with Crippen LogP contribution in [0.1, 0.15) is 25.3 Å². The van der Waals surface area contributed by atoms with E-state index in [0.717, 1.165) is 38.4 Å². The SMILES string of the molecule is CCNC(=NCC1(c2ccc(F)cc2)CC1)NCCOC. The first kappa shape index (κ1) is 15.8. The summed E-state index contributed by atoms with van der Waals surface area (Å²) in [6, 6.07) is 6.81. The average Bonchev–Trinajstić information content (AvgIpc) is 3.27. The molecule has 2 N–H and O–H groups in total. The highest BCUT2D eigenvalue weighted by molar-refractivity contribution is 5.79. The van der Waals surface area contributed by atoms with Gasteiger partial charge in [-0.1, -0.05) is 12.1 Å². The molecule has 21 heavy (non-hydrogen) atoms. The molecule has 0 heterocycles. The molecule has 0 saturated heterocycles. The molecule has 1 saturated carbocycles. The summed E-state index contributed by atoms with van der Waals surface area (Å²) in [6.45, 7) is 4.96. The molecule has 2 rings (SSSR count). The average molecular weight is 293 g/mol. The van der Waals surface area contributed by atoms with E-state index in [-0.39, 0.29) is 11.2 Å². The van der Waals surface area contributed by atoms with E-state index < -0.39 is 0 Å². The van der Waals surface area contributed by atoms with Gasteiger partial charge < -0.3 is 15.4 Å². The lowest BCUT2D eigenvalue weighted by molar-refractivity contribution is 0.203. The molecule has 4 nitrogen and oxygen atoms in total. The number of hydrogen-bond acceptors (Lipinski definition) is 2. The fraction of sp³-hybridized carbons (Fsp3) is 0.562. The summed E-state index contributed by atoms with van der Waals surface area (Å²) in [5.74, 6) is 0.621. The van der Waals surface area contributed by atoms with Gasteiger partial charge in [-0.15, -0.1) is 0 Å². The van der Waals surface area contributed by atoms with E-state index in [2.05, 4.69) is 15.6 Å². The minimum Gasteiger partial charge on any atom is -0.383 e. The molecule has 0 spiro atoms. The van der Waals surface area contributed by atoms with Gasteiger partial charge in [0.2, 0.25) is 0 Å². The summed E-state index contributed by atoms with van der Waals surface area (Å²) in [7, 11) is 1.68. The van der Waals surface area contributed by atoms with E-state index in [4.69, 9.17) is 4.74 Å². The molecule has 0 aliphatic heterocycles. The van der Waals surface area contributed by atoms with Gasteiger partial charge in [0, 0.05) is 25.6 Å². The zero-order valence-electron chi connectivity index (χ0n) is 12.8. The zero-order chi connectivity index (χ0) is 15.1. The molecule has 1 fully saturated rings. The number of guanidine groups is 1. The normalized spacial score (nSPS) is 16.6. The number of benzene rings is 1. The number of nitrogens with one attached hydrogen (secondary N) is 2. The van der Waals surface area contributed by atoms with Crippen LogP contribution in [-0.2, 0) is 10.2 Å². The van der Waals surface area contributed by atoms with Crippen molar-refractivity contribution < 1.29 is 9.13 Å². The Balaban J connectivity index is 1.97. The highest BCUT2D eigenvalue weighted by Gasteiger charge is 2.44. The Morgan fingerprint density at radius 2 is 2.00 bits per heavy atom. The number of methoxy groups -OCH3 is 1. The summed E-state index contributed by atoms with van der Waals surface area (Å²) in [6.07, 6.45) is 2.22. The second-order valence-corrected chi connectivity index (χ2v) is 5.40. The van der Waals surface area contributed by atoms with E-state index in [1.165, 1.54) is 17.7 Å². The van der Waals surface area contributed by atoms with Crippen LogP contribution in [0.5, 0.6) is 0 Å².